The average Bonchev–Trinajstić information content (AvgIpc) is 2.02. The molecule has 0 amide bonds. The van der Waals surface area contributed by atoms with Crippen molar-refractivity contribution in [2.24, 2.45) is 5.92 Å². The number of halogens is 1. The van der Waals surface area contributed by atoms with Gasteiger partial charge in [0.1, 0.15) is 14.0 Å². The normalized spacial score (nSPS) is 34.1. The van der Waals surface area contributed by atoms with E-state index in [0.717, 1.165) is 11.6 Å². The number of alkyl halides is 1. The molecule has 1 aliphatic carbocycles. The van der Waals surface area contributed by atoms with Crippen LogP contribution in [0, 0.1) is 5.92 Å². The van der Waals surface area contributed by atoms with Gasteiger partial charge in [-0.05, 0) is 6.42 Å². The fraction of sp³-hybridized carbons (Fsp3) is 0.800. The third-order valence-electron chi connectivity index (χ3n) is 3.19. The predicted molar refractivity (Wildman–Crippen MR) is 63.8 cm³/mol. The van der Waals surface area contributed by atoms with Gasteiger partial charge in [0.2, 0.25) is 0 Å². The lowest BCUT2D eigenvalue weighted by molar-refractivity contribution is 0.150. The molecule has 14 heavy (non-hydrogen) atoms. The van der Waals surface area contributed by atoms with Crippen molar-refractivity contribution in [1.82, 2.24) is 0 Å². The van der Waals surface area contributed by atoms with Crippen molar-refractivity contribution in [2.75, 3.05) is 6.61 Å². The largest absolute Gasteiger partial charge is 0.396 e. The van der Waals surface area contributed by atoms with Crippen molar-refractivity contribution >= 4 is 15.9 Å². The van der Waals surface area contributed by atoms with Gasteiger partial charge in [-0.1, -0.05) is 36.7 Å². The Kier molecular flexibility index (Phi) is 3.59. The standard InChI is InChI=1S/C10H20BFOSi/c1-14(2,3)9-5-4-8(11)7(6-13)10(9)12/h5,7-8,10,13H,4,6,11H2,1-3H3. The molecule has 0 saturated heterocycles. The zero-order valence-electron chi connectivity index (χ0n) is 9.55. The highest BCUT2D eigenvalue weighted by Gasteiger charge is 2.37. The number of allylic oxidation sites excluding steroid dienone is 2. The van der Waals surface area contributed by atoms with E-state index in [0.29, 0.717) is 0 Å². The van der Waals surface area contributed by atoms with E-state index < -0.39 is 14.2 Å². The predicted octanol–water partition coefficient (Wildman–Crippen LogP) is 1.56. The van der Waals surface area contributed by atoms with Crippen LogP contribution in [0.5, 0.6) is 0 Å². The molecule has 1 nitrogen and oxygen atoms in total. The maximum Gasteiger partial charge on any atom is 0.122 e. The number of rotatable bonds is 2. The van der Waals surface area contributed by atoms with Crippen molar-refractivity contribution in [3.63, 3.8) is 0 Å². The smallest absolute Gasteiger partial charge is 0.122 e. The number of hydrogen-bond donors (Lipinski definition) is 1. The first-order valence-electron chi connectivity index (χ1n) is 5.33. The van der Waals surface area contributed by atoms with Crippen LogP contribution < -0.4 is 0 Å². The summed E-state index contributed by atoms with van der Waals surface area (Å²) < 4.78 is 14.1. The van der Waals surface area contributed by atoms with Gasteiger partial charge >= 0.3 is 0 Å². The van der Waals surface area contributed by atoms with E-state index in [9.17, 15) is 4.39 Å². The highest BCUT2D eigenvalue weighted by molar-refractivity contribution is 6.83. The Bertz CT molecular complexity index is 237. The number of aliphatic hydroxyl groups is 1. The first-order valence-corrected chi connectivity index (χ1v) is 8.83. The van der Waals surface area contributed by atoms with Crippen LogP contribution in [-0.4, -0.2) is 33.8 Å². The SMILES string of the molecule is BC1CC=C([Si](C)(C)C)C(F)C1CO. The van der Waals surface area contributed by atoms with E-state index in [4.69, 9.17) is 5.11 Å². The Balaban J connectivity index is 2.90. The van der Waals surface area contributed by atoms with E-state index in [2.05, 4.69) is 25.7 Å². The summed E-state index contributed by atoms with van der Waals surface area (Å²) >= 11 is 0. The fourth-order valence-electron chi connectivity index (χ4n) is 2.11. The summed E-state index contributed by atoms with van der Waals surface area (Å²) in [5.74, 6) is 0.0943. The minimum absolute atomic E-state index is 0.0237. The third-order valence-corrected chi connectivity index (χ3v) is 5.40. The van der Waals surface area contributed by atoms with Crippen LogP contribution in [0.4, 0.5) is 4.39 Å². The second kappa shape index (κ2) is 4.19. The number of aliphatic hydroxyl groups excluding tert-OH is 1. The Hall–Kier alpha value is -0.0882. The van der Waals surface area contributed by atoms with Gasteiger partial charge in [-0.25, -0.2) is 4.39 Å². The molecule has 1 rings (SSSR count). The van der Waals surface area contributed by atoms with Crippen LogP contribution in [0.3, 0.4) is 0 Å². The summed E-state index contributed by atoms with van der Waals surface area (Å²) in [5, 5.41) is 10.2. The van der Waals surface area contributed by atoms with Gasteiger partial charge in [0.25, 0.3) is 0 Å². The molecular formula is C10H20BFOSi. The quantitative estimate of drug-likeness (QED) is 0.691. The molecule has 3 atom stereocenters. The molecule has 80 valence electrons. The molecule has 1 aliphatic rings. The minimum atomic E-state index is -1.53. The van der Waals surface area contributed by atoms with Gasteiger partial charge in [0.15, 0.2) is 0 Å². The van der Waals surface area contributed by atoms with Crippen LogP contribution in [-0.2, 0) is 0 Å². The van der Waals surface area contributed by atoms with Gasteiger partial charge in [-0.3, -0.25) is 0 Å². The summed E-state index contributed by atoms with van der Waals surface area (Å²) in [6.45, 7) is 6.46. The van der Waals surface area contributed by atoms with E-state index in [-0.39, 0.29) is 18.3 Å². The molecule has 0 aromatic heterocycles. The van der Waals surface area contributed by atoms with Crippen molar-refractivity contribution < 1.29 is 9.50 Å². The molecule has 0 saturated carbocycles. The first-order chi connectivity index (χ1) is 6.38. The lowest BCUT2D eigenvalue weighted by atomic mass is 9.70. The Labute approximate surface area is 87.8 Å². The average molecular weight is 214 g/mol. The van der Waals surface area contributed by atoms with Gasteiger partial charge < -0.3 is 5.11 Å². The molecule has 0 spiro atoms. The van der Waals surface area contributed by atoms with Gasteiger partial charge in [-0.2, -0.15) is 0 Å². The van der Waals surface area contributed by atoms with E-state index in [1.54, 1.807) is 0 Å². The Morgan fingerprint density at radius 2 is 2.14 bits per heavy atom. The Morgan fingerprint density at radius 3 is 2.57 bits per heavy atom. The van der Waals surface area contributed by atoms with Gasteiger partial charge in [0, 0.05) is 12.5 Å². The van der Waals surface area contributed by atoms with Gasteiger partial charge in [-0.15, -0.1) is 0 Å². The summed E-state index contributed by atoms with van der Waals surface area (Å²) in [6, 6.07) is 0. The van der Waals surface area contributed by atoms with E-state index >= 15 is 0 Å². The molecular weight excluding hydrogens is 194 g/mol. The lowest BCUT2D eigenvalue weighted by Crippen LogP contribution is -2.39. The maximum atomic E-state index is 14.1. The summed E-state index contributed by atoms with van der Waals surface area (Å²) in [4.78, 5) is 0. The van der Waals surface area contributed by atoms with Crippen LogP contribution in [0.25, 0.3) is 0 Å². The topological polar surface area (TPSA) is 20.2 Å². The molecule has 0 bridgehead atoms. The van der Waals surface area contributed by atoms with Crippen molar-refractivity contribution in [1.29, 1.82) is 0 Å². The van der Waals surface area contributed by atoms with Crippen molar-refractivity contribution in [3.8, 4) is 0 Å². The van der Waals surface area contributed by atoms with Crippen LogP contribution in [0.15, 0.2) is 11.3 Å². The molecule has 0 radical (unpaired) electrons. The van der Waals surface area contributed by atoms with Crippen molar-refractivity contribution in [3.05, 3.63) is 11.3 Å². The molecule has 0 heterocycles. The van der Waals surface area contributed by atoms with Crippen LogP contribution in [0.2, 0.25) is 25.5 Å². The molecule has 0 fully saturated rings. The lowest BCUT2D eigenvalue weighted by Gasteiger charge is -2.36. The molecule has 1 N–H and O–H groups in total. The molecule has 0 aromatic carbocycles. The first kappa shape index (κ1) is 12.0. The van der Waals surface area contributed by atoms with E-state index in [1.165, 1.54) is 0 Å². The maximum absolute atomic E-state index is 14.1. The zero-order chi connectivity index (χ0) is 10.9. The van der Waals surface area contributed by atoms with Crippen LogP contribution in [0.1, 0.15) is 6.42 Å². The second-order valence-corrected chi connectivity index (χ2v) is 10.4. The van der Waals surface area contributed by atoms with Gasteiger partial charge in [0.05, 0.1) is 8.07 Å². The minimum Gasteiger partial charge on any atom is -0.396 e. The Morgan fingerprint density at radius 1 is 1.57 bits per heavy atom. The van der Waals surface area contributed by atoms with Crippen molar-refractivity contribution in [2.45, 2.75) is 38.1 Å². The molecule has 4 heteroatoms. The second-order valence-electron chi connectivity index (χ2n) is 5.37. The summed E-state index contributed by atoms with van der Waals surface area (Å²) in [6.07, 6.45) is 2.09. The summed E-state index contributed by atoms with van der Waals surface area (Å²) in [7, 11) is 0.487. The third kappa shape index (κ3) is 2.29. The number of hydrogen-bond acceptors (Lipinski definition) is 1. The summed E-state index contributed by atoms with van der Waals surface area (Å²) in [5.41, 5.74) is 0. The van der Waals surface area contributed by atoms with E-state index in [1.807, 2.05) is 7.85 Å². The highest BCUT2D eigenvalue weighted by Crippen LogP contribution is 2.37. The fourth-order valence-corrected chi connectivity index (χ4v) is 3.88. The monoisotopic (exact) mass is 214 g/mol. The molecule has 0 aliphatic heterocycles. The van der Waals surface area contributed by atoms with Crippen LogP contribution >= 0.6 is 0 Å². The highest BCUT2D eigenvalue weighted by atomic mass is 28.3. The molecule has 0 aromatic rings. The zero-order valence-corrected chi connectivity index (χ0v) is 10.5. The molecule has 3 unspecified atom stereocenters.